The van der Waals surface area contributed by atoms with Crippen molar-refractivity contribution in [1.29, 1.82) is 0 Å². The van der Waals surface area contributed by atoms with E-state index in [9.17, 15) is 4.79 Å². The first-order valence-corrected chi connectivity index (χ1v) is 6.61. The molecule has 1 atom stereocenters. The Labute approximate surface area is 113 Å². The van der Waals surface area contributed by atoms with Gasteiger partial charge < -0.3 is 9.64 Å². The lowest BCUT2D eigenvalue weighted by molar-refractivity contribution is -0.133. The molecule has 1 aliphatic rings. The molecule has 2 heterocycles. The van der Waals surface area contributed by atoms with Gasteiger partial charge in [-0.15, -0.1) is 6.58 Å². The molecule has 0 spiro atoms. The van der Waals surface area contributed by atoms with Crippen LogP contribution in [0, 0.1) is 0 Å². The number of allylic oxidation sites excluding steroid dienone is 1. The maximum atomic E-state index is 12.0. The molecule has 1 fully saturated rings. The van der Waals surface area contributed by atoms with Crippen LogP contribution < -0.4 is 4.74 Å². The lowest BCUT2D eigenvalue weighted by atomic mass is 10.1. The molecule has 0 aromatic carbocycles. The summed E-state index contributed by atoms with van der Waals surface area (Å²) in [7, 11) is 0. The average Bonchev–Trinajstić information content (AvgIpc) is 2.46. The third-order valence-corrected chi connectivity index (χ3v) is 3.14. The van der Waals surface area contributed by atoms with E-state index in [1.807, 2.05) is 4.90 Å². The number of carbonyl (C=O) groups excluding carboxylic acids is 1. The van der Waals surface area contributed by atoms with Crippen molar-refractivity contribution < 1.29 is 9.53 Å². The largest absolute Gasteiger partial charge is 0.472 e. The molecular weight excluding hydrogens is 242 g/mol. The maximum absolute atomic E-state index is 12.0. The summed E-state index contributed by atoms with van der Waals surface area (Å²) in [5.41, 5.74) is 0. The van der Waals surface area contributed by atoms with Gasteiger partial charge in [-0.1, -0.05) is 6.08 Å². The van der Waals surface area contributed by atoms with E-state index in [0.717, 1.165) is 25.8 Å². The fourth-order valence-corrected chi connectivity index (χ4v) is 2.16. The van der Waals surface area contributed by atoms with E-state index in [1.165, 1.54) is 6.33 Å². The predicted octanol–water partition coefficient (Wildman–Crippen LogP) is 1.81. The van der Waals surface area contributed by atoms with Crippen LogP contribution in [0.5, 0.6) is 5.88 Å². The van der Waals surface area contributed by atoms with Crippen molar-refractivity contribution >= 4 is 5.91 Å². The second-order valence-electron chi connectivity index (χ2n) is 4.60. The SMILES string of the molecule is C=CCCC(=O)N1CCC[C@@H](Oc2ccncn2)C1. The molecule has 5 nitrogen and oxygen atoms in total. The number of amides is 1. The Hall–Kier alpha value is -1.91. The fraction of sp³-hybridized carbons (Fsp3) is 0.500. The summed E-state index contributed by atoms with van der Waals surface area (Å²) in [6.07, 6.45) is 8.10. The second-order valence-corrected chi connectivity index (χ2v) is 4.60. The average molecular weight is 261 g/mol. The zero-order valence-corrected chi connectivity index (χ0v) is 11.0. The molecule has 0 N–H and O–H groups in total. The summed E-state index contributed by atoms with van der Waals surface area (Å²) >= 11 is 0. The molecule has 0 radical (unpaired) electrons. The van der Waals surface area contributed by atoms with Gasteiger partial charge in [0.15, 0.2) is 0 Å². The lowest BCUT2D eigenvalue weighted by Crippen LogP contribution is -2.44. The van der Waals surface area contributed by atoms with Gasteiger partial charge in [-0.05, 0) is 19.3 Å². The van der Waals surface area contributed by atoms with Crippen LogP contribution in [0.1, 0.15) is 25.7 Å². The third kappa shape index (κ3) is 4.05. The highest BCUT2D eigenvalue weighted by Gasteiger charge is 2.24. The smallest absolute Gasteiger partial charge is 0.223 e. The van der Waals surface area contributed by atoms with Gasteiger partial charge in [-0.2, -0.15) is 0 Å². The van der Waals surface area contributed by atoms with Gasteiger partial charge in [0.1, 0.15) is 12.4 Å². The maximum Gasteiger partial charge on any atom is 0.223 e. The minimum Gasteiger partial charge on any atom is -0.472 e. The first kappa shape index (κ1) is 13.5. The van der Waals surface area contributed by atoms with E-state index in [2.05, 4.69) is 16.5 Å². The molecule has 102 valence electrons. The quantitative estimate of drug-likeness (QED) is 0.759. The number of piperidine rings is 1. The normalized spacial score (nSPS) is 18.9. The summed E-state index contributed by atoms with van der Waals surface area (Å²) < 4.78 is 5.78. The minimum absolute atomic E-state index is 0.0244. The molecular formula is C14H19N3O2. The fourth-order valence-electron chi connectivity index (χ4n) is 2.16. The standard InChI is InChI=1S/C14H19N3O2/c1-2-3-6-14(18)17-9-4-5-12(10-17)19-13-7-8-15-11-16-13/h2,7-8,11-12H,1,3-6,9-10H2/t12-/m1/s1. The Kier molecular flexibility index (Phi) is 4.89. The summed E-state index contributed by atoms with van der Waals surface area (Å²) in [6, 6.07) is 1.73. The molecule has 1 aliphatic heterocycles. The van der Waals surface area contributed by atoms with E-state index in [0.29, 0.717) is 18.8 Å². The molecule has 0 unspecified atom stereocenters. The molecule has 0 saturated carbocycles. The predicted molar refractivity (Wildman–Crippen MR) is 71.7 cm³/mol. The van der Waals surface area contributed by atoms with Crippen LogP contribution in [0.25, 0.3) is 0 Å². The number of carbonyl (C=O) groups is 1. The Morgan fingerprint density at radius 3 is 3.26 bits per heavy atom. The van der Waals surface area contributed by atoms with Crippen LogP contribution in [0.3, 0.4) is 0 Å². The number of hydrogen-bond acceptors (Lipinski definition) is 4. The first-order chi connectivity index (χ1) is 9.29. The monoisotopic (exact) mass is 261 g/mol. The first-order valence-electron chi connectivity index (χ1n) is 6.61. The van der Waals surface area contributed by atoms with Crippen LogP contribution in [-0.4, -0.2) is 40.0 Å². The van der Waals surface area contributed by atoms with Gasteiger partial charge in [0.2, 0.25) is 11.8 Å². The Morgan fingerprint density at radius 2 is 2.53 bits per heavy atom. The van der Waals surface area contributed by atoms with E-state index in [-0.39, 0.29) is 12.0 Å². The van der Waals surface area contributed by atoms with Crippen LogP contribution in [0.4, 0.5) is 0 Å². The van der Waals surface area contributed by atoms with Crippen molar-refractivity contribution in [2.75, 3.05) is 13.1 Å². The molecule has 2 rings (SSSR count). The molecule has 1 aromatic rings. The lowest BCUT2D eigenvalue weighted by Gasteiger charge is -2.32. The zero-order valence-electron chi connectivity index (χ0n) is 11.0. The number of ether oxygens (including phenoxy) is 1. The number of likely N-dealkylation sites (tertiary alicyclic amines) is 1. The Balaban J connectivity index is 1.86. The van der Waals surface area contributed by atoms with Gasteiger partial charge in [0.05, 0.1) is 6.54 Å². The molecule has 1 saturated heterocycles. The van der Waals surface area contributed by atoms with Crippen LogP contribution in [0.15, 0.2) is 31.2 Å². The molecule has 1 aromatic heterocycles. The highest BCUT2D eigenvalue weighted by molar-refractivity contribution is 5.76. The van der Waals surface area contributed by atoms with Gasteiger partial charge in [0.25, 0.3) is 0 Å². The van der Waals surface area contributed by atoms with Crippen LogP contribution in [0.2, 0.25) is 0 Å². The molecule has 5 heteroatoms. The minimum atomic E-state index is 0.0244. The molecule has 19 heavy (non-hydrogen) atoms. The number of hydrogen-bond donors (Lipinski definition) is 0. The summed E-state index contributed by atoms with van der Waals surface area (Å²) in [4.78, 5) is 21.7. The van der Waals surface area contributed by atoms with Crippen molar-refractivity contribution in [3.05, 3.63) is 31.2 Å². The van der Waals surface area contributed by atoms with E-state index in [4.69, 9.17) is 4.74 Å². The van der Waals surface area contributed by atoms with Crippen LogP contribution in [-0.2, 0) is 4.79 Å². The number of aromatic nitrogens is 2. The molecule has 0 aliphatic carbocycles. The zero-order chi connectivity index (χ0) is 13.5. The van der Waals surface area contributed by atoms with Crippen LogP contribution >= 0.6 is 0 Å². The van der Waals surface area contributed by atoms with Crippen molar-refractivity contribution in [3.63, 3.8) is 0 Å². The van der Waals surface area contributed by atoms with Crippen molar-refractivity contribution in [2.24, 2.45) is 0 Å². The Morgan fingerprint density at radius 1 is 1.63 bits per heavy atom. The third-order valence-electron chi connectivity index (χ3n) is 3.14. The number of rotatable bonds is 5. The van der Waals surface area contributed by atoms with Crippen molar-refractivity contribution in [2.45, 2.75) is 31.8 Å². The number of nitrogens with zero attached hydrogens (tertiary/aromatic N) is 3. The summed E-state index contributed by atoms with van der Waals surface area (Å²) in [5, 5.41) is 0. The highest BCUT2D eigenvalue weighted by atomic mass is 16.5. The van der Waals surface area contributed by atoms with E-state index < -0.39 is 0 Å². The van der Waals surface area contributed by atoms with Gasteiger partial charge in [0, 0.05) is 25.2 Å². The molecule has 1 amide bonds. The van der Waals surface area contributed by atoms with Gasteiger partial charge in [-0.3, -0.25) is 4.79 Å². The van der Waals surface area contributed by atoms with Crippen molar-refractivity contribution in [3.8, 4) is 5.88 Å². The molecule has 0 bridgehead atoms. The van der Waals surface area contributed by atoms with Gasteiger partial charge in [-0.25, -0.2) is 9.97 Å². The second kappa shape index (κ2) is 6.87. The van der Waals surface area contributed by atoms with Gasteiger partial charge >= 0.3 is 0 Å². The topological polar surface area (TPSA) is 55.3 Å². The van der Waals surface area contributed by atoms with Crippen molar-refractivity contribution in [1.82, 2.24) is 14.9 Å². The summed E-state index contributed by atoms with van der Waals surface area (Å²) in [5.74, 6) is 0.747. The van der Waals surface area contributed by atoms with E-state index in [1.54, 1.807) is 18.3 Å². The summed E-state index contributed by atoms with van der Waals surface area (Å²) in [6.45, 7) is 5.10. The van der Waals surface area contributed by atoms with E-state index >= 15 is 0 Å². The highest BCUT2D eigenvalue weighted by Crippen LogP contribution is 2.17. The Bertz CT molecular complexity index is 422.